The average Bonchev–Trinajstić information content (AvgIpc) is 2.71. The van der Waals surface area contributed by atoms with Crippen LogP contribution >= 0.6 is 34.8 Å². The van der Waals surface area contributed by atoms with Crippen LogP contribution in [0, 0.1) is 0 Å². The van der Waals surface area contributed by atoms with Gasteiger partial charge < -0.3 is 18.9 Å². The van der Waals surface area contributed by atoms with E-state index in [9.17, 15) is 4.79 Å². The molecule has 0 radical (unpaired) electrons. The second kappa shape index (κ2) is 6.54. The molecular formula is C12H12Cl3NO5. The molecule has 1 aliphatic heterocycles. The van der Waals surface area contributed by atoms with Gasteiger partial charge in [-0.15, -0.1) is 0 Å². The highest BCUT2D eigenvalue weighted by Crippen LogP contribution is 2.30. The van der Waals surface area contributed by atoms with E-state index >= 15 is 0 Å². The minimum absolute atomic E-state index is 0.00747. The molecule has 1 saturated heterocycles. The summed E-state index contributed by atoms with van der Waals surface area (Å²) in [5, 5.41) is 0.354. The van der Waals surface area contributed by atoms with Gasteiger partial charge in [0.1, 0.15) is 11.6 Å². The average molecular weight is 357 g/mol. The number of hydrogen-bond acceptors (Lipinski definition) is 6. The van der Waals surface area contributed by atoms with E-state index in [4.69, 9.17) is 53.8 Å². The summed E-state index contributed by atoms with van der Waals surface area (Å²) in [6.07, 6.45) is -0.770. The first-order valence-electron chi connectivity index (χ1n) is 5.92. The monoisotopic (exact) mass is 355 g/mol. The summed E-state index contributed by atoms with van der Waals surface area (Å²) in [5.41, 5.74) is 0. The first-order valence-corrected chi connectivity index (χ1v) is 7.06. The maximum atomic E-state index is 11.6. The van der Waals surface area contributed by atoms with Crippen LogP contribution in [0.5, 0.6) is 5.88 Å². The molecule has 0 aliphatic carbocycles. The summed E-state index contributed by atoms with van der Waals surface area (Å²) in [4.78, 5) is 15.4. The van der Waals surface area contributed by atoms with Crippen LogP contribution in [-0.4, -0.2) is 36.2 Å². The lowest BCUT2D eigenvalue weighted by Crippen LogP contribution is -2.27. The molecule has 0 N–H and O–H groups in total. The van der Waals surface area contributed by atoms with Crippen molar-refractivity contribution in [3.05, 3.63) is 21.3 Å². The Morgan fingerprint density at radius 2 is 2.14 bits per heavy atom. The molecule has 21 heavy (non-hydrogen) atoms. The molecule has 116 valence electrons. The normalized spacial score (nSPS) is 20.3. The highest BCUT2D eigenvalue weighted by molar-refractivity contribution is 6.42. The predicted octanol–water partition coefficient (Wildman–Crippen LogP) is 3.07. The Bertz CT molecular complexity index is 552. The van der Waals surface area contributed by atoms with Gasteiger partial charge in [-0.25, -0.2) is 4.79 Å². The van der Waals surface area contributed by atoms with Crippen molar-refractivity contribution in [2.24, 2.45) is 0 Å². The third kappa shape index (κ3) is 4.59. The fourth-order valence-corrected chi connectivity index (χ4v) is 2.09. The van der Waals surface area contributed by atoms with Gasteiger partial charge in [0.15, 0.2) is 17.5 Å². The molecule has 2 heterocycles. The van der Waals surface area contributed by atoms with Crippen LogP contribution in [-0.2, 0) is 19.0 Å². The number of aromatic nitrogens is 1. The molecule has 0 spiro atoms. The van der Waals surface area contributed by atoms with Crippen LogP contribution in [0.15, 0.2) is 6.07 Å². The van der Waals surface area contributed by atoms with Crippen LogP contribution in [0.1, 0.15) is 13.8 Å². The number of ether oxygens (including phenoxy) is 4. The van der Waals surface area contributed by atoms with Crippen molar-refractivity contribution in [2.75, 3.05) is 13.2 Å². The first kappa shape index (κ1) is 16.6. The molecule has 1 atom stereocenters. The smallest absolute Gasteiger partial charge is 0.346 e. The van der Waals surface area contributed by atoms with E-state index in [1.165, 1.54) is 6.07 Å². The second-order valence-corrected chi connectivity index (χ2v) is 5.76. The van der Waals surface area contributed by atoms with Gasteiger partial charge in [0.2, 0.25) is 12.2 Å². The standard InChI is InChI=1S/C12H12Cl3NO5/c1-12(2)19-5-9(21-12)20-8(17)4-18-11-7(14)3-6(13)10(15)16-11/h3,9H,4-5H2,1-2H3. The molecule has 0 bridgehead atoms. The largest absolute Gasteiger partial charge is 0.465 e. The van der Waals surface area contributed by atoms with E-state index < -0.39 is 24.7 Å². The summed E-state index contributed by atoms with van der Waals surface area (Å²) in [7, 11) is 0. The minimum atomic E-state index is -0.777. The zero-order valence-corrected chi connectivity index (χ0v) is 13.5. The van der Waals surface area contributed by atoms with Crippen molar-refractivity contribution in [3.8, 4) is 5.88 Å². The second-order valence-electron chi connectivity index (χ2n) is 4.58. The zero-order chi connectivity index (χ0) is 15.6. The van der Waals surface area contributed by atoms with Gasteiger partial charge >= 0.3 is 5.97 Å². The fourth-order valence-electron chi connectivity index (χ4n) is 1.55. The molecular weight excluding hydrogens is 344 g/mol. The zero-order valence-electron chi connectivity index (χ0n) is 11.2. The summed E-state index contributed by atoms with van der Waals surface area (Å²) in [6, 6.07) is 1.37. The summed E-state index contributed by atoms with van der Waals surface area (Å²) in [6.45, 7) is 3.20. The van der Waals surface area contributed by atoms with Crippen molar-refractivity contribution in [3.63, 3.8) is 0 Å². The van der Waals surface area contributed by atoms with E-state index in [2.05, 4.69) is 4.98 Å². The Kier molecular flexibility index (Phi) is 5.16. The van der Waals surface area contributed by atoms with Crippen LogP contribution < -0.4 is 4.74 Å². The van der Waals surface area contributed by atoms with Gasteiger partial charge in [0, 0.05) is 0 Å². The number of carbonyl (C=O) groups is 1. The van der Waals surface area contributed by atoms with Crippen molar-refractivity contribution in [2.45, 2.75) is 25.9 Å². The van der Waals surface area contributed by atoms with E-state index in [1.54, 1.807) is 13.8 Å². The van der Waals surface area contributed by atoms with Gasteiger partial charge in [-0.1, -0.05) is 34.8 Å². The fraction of sp³-hybridized carbons (Fsp3) is 0.500. The Balaban J connectivity index is 1.86. The van der Waals surface area contributed by atoms with Crippen LogP contribution in [0.3, 0.4) is 0 Å². The SMILES string of the molecule is CC1(C)OCC(OC(=O)COc2nc(Cl)c(Cl)cc2Cl)O1. The van der Waals surface area contributed by atoms with Gasteiger partial charge in [0.25, 0.3) is 0 Å². The quantitative estimate of drug-likeness (QED) is 0.610. The Morgan fingerprint density at radius 3 is 2.76 bits per heavy atom. The van der Waals surface area contributed by atoms with E-state index in [0.717, 1.165) is 0 Å². The molecule has 1 fully saturated rings. The Hall–Kier alpha value is -0.790. The summed E-state index contributed by atoms with van der Waals surface area (Å²) in [5.74, 6) is -1.43. The lowest BCUT2D eigenvalue weighted by atomic mass is 10.4. The third-order valence-corrected chi connectivity index (χ3v) is 3.37. The molecule has 1 aliphatic rings. The Labute approximate surface area is 136 Å². The highest BCUT2D eigenvalue weighted by Gasteiger charge is 2.35. The maximum Gasteiger partial charge on any atom is 0.346 e. The molecule has 9 heteroatoms. The van der Waals surface area contributed by atoms with Crippen LogP contribution in [0.25, 0.3) is 0 Å². The van der Waals surface area contributed by atoms with Crippen molar-refractivity contribution < 1.29 is 23.7 Å². The topological polar surface area (TPSA) is 66.9 Å². The number of carbonyl (C=O) groups excluding carboxylic acids is 1. The van der Waals surface area contributed by atoms with E-state index in [-0.39, 0.29) is 27.7 Å². The molecule has 1 aromatic rings. The number of halogens is 3. The number of hydrogen-bond donors (Lipinski definition) is 0. The molecule has 0 aromatic carbocycles. The van der Waals surface area contributed by atoms with Crippen LogP contribution in [0.2, 0.25) is 15.2 Å². The van der Waals surface area contributed by atoms with Gasteiger partial charge in [0.05, 0.1) is 5.02 Å². The van der Waals surface area contributed by atoms with E-state index in [0.29, 0.717) is 0 Å². The number of esters is 1. The lowest BCUT2D eigenvalue weighted by Gasteiger charge is -2.16. The molecule has 1 aromatic heterocycles. The summed E-state index contributed by atoms with van der Waals surface area (Å²) < 4.78 is 20.7. The Morgan fingerprint density at radius 1 is 1.43 bits per heavy atom. The molecule has 2 rings (SSSR count). The van der Waals surface area contributed by atoms with Crippen molar-refractivity contribution >= 4 is 40.8 Å². The maximum absolute atomic E-state index is 11.6. The number of pyridine rings is 1. The molecule has 1 unspecified atom stereocenters. The van der Waals surface area contributed by atoms with Gasteiger partial charge in [-0.2, -0.15) is 4.98 Å². The number of nitrogens with zero attached hydrogens (tertiary/aromatic N) is 1. The molecule has 0 saturated carbocycles. The summed E-state index contributed by atoms with van der Waals surface area (Å²) >= 11 is 17.3. The first-order chi connectivity index (χ1) is 9.77. The predicted molar refractivity (Wildman–Crippen MR) is 75.8 cm³/mol. The third-order valence-electron chi connectivity index (χ3n) is 2.43. The van der Waals surface area contributed by atoms with Crippen molar-refractivity contribution in [1.82, 2.24) is 4.98 Å². The van der Waals surface area contributed by atoms with Crippen LogP contribution in [0.4, 0.5) is 0 Å². The van der Waals surface area contributed by atoms with E-state index in [1.807, 2.05) is 0 Å². The minimum Gasteiger partial charge on any atom is -0.465 e. The van der Waals surface area contributed by atoms with Gasteiger partial charge in [-0.3, -0.25) is 0 Å². The molecule has 6 nitrogen and oxygen atoms in total. The highest BCUT2D eigenvalue weighted by atomic mass is 35.5. The lowest BCUT2D eigenvalue weighted by molar-refractivity contribution is -0.198. The molecule has 0 amide bonds. The number of rotatable bonds is 4. The van der Waals surface area contributed by atoms with Gasteiger partial charge in [-0.05, 0) is 19.9 Å². The van der Waals surface area contributed by atoms with Crippen molar-refractivity contribution in [1.29, 1.82) is 0 Å².